The van der Waals surface area contributed by atoms with Gasteiger partial charge in [0.05, 0.1) is 16.6 Å². The number of carboxylic acids is 1. The van der Waals surface area contributed by atoms with E-state index in [1.807, 2.05) is 24.3 Å². The fourth-order valence-electron chi connectivity index (χ4n) is 1.87. The van der Waals surface area contributed by atoms with Gasteiger partial charge in [0, 0.05) is 4.90 Å². The average molecular weight is 308 g/mol. The summed E-state index contributed by atoms with van der Waals surface area (Å²) >= 11 is 1.17. The smallest absolute Gasteiger partial charge is 0.346 e. The molecule has 0 saturated carbocycles. The first-order valence-electron chi connectivity index (χ1n) is 6.27. The Morgan fingerprint density at radius 3 is 2.45 bits per heavy atom. The highest BCUT2D eigenvalue weighted by Crippen LogP contribution is 2.22. The second-order valence-corrected chi connectivity index (χ2v) is 7.16. The van der Waals surface area contributed by atoms with Gasteiger partial charge in [-0.1, -0.05) is 26.0 Å². The highest BCUT2D eigenvalue weighted by Gasteiger charge is 2.15. The molecule has 0 saturated heterocycles. The summed E-state index contributed by atoms with van der Waals surface area (Å²) in [5, 5.41) is 10.8. The second-order valence-electron chi connectivity index (χ2n) is 4.79. The number of hydrogen-bond donors (Lipinski definition) is 1. The Bertz CT molecular complexity index is 627. The first-order chi connectivity index (χ1) is 9.49. The molecule has 0 aliphatic heterocycles. The zero-order valence-electron chi connectivity index (χ0n) is 11.3. The molecule has 0 radical (unpaired) electrons. The fourth-order valence-corrected chi connectivity index (χ4v) is 3.85. The van der Waals surface area contributed by atoms with Gasteiger partial charge in [-0.25, -0.2) is 4.79 Å². The van der Waals surface area contributed by atoms with Gasteiger partial charge in [-0.15, -0.1) is 11.3 Å². The lowest BCUT2D eigenvalue weighted by Crippen LogP contribution is -2.02. The summed E-state index contributed by atoms with van der Waals surface area (Å²) in [4.78, 5) is 12.0. The van der Waals surface area contributed by atoms with Gasteiger partial charge in [-0.3, -0.25) is 4.21 Å². The van der Waals surface area contributed by atoms with Crippen LogP contribution in [0, 0.1) is 0 Å². The van der Waals surface area contributed by atoms with E-state index in [1.54, 1.807) is 11.4 Å². The van der Waals surface area contributed by atoms with Crippen LogP contribution in [0.25, 0.3) is 0 Å². The minimum Gasteiger partial charge on any atom is -0.477 e. The van der Waals surface area contributed by atoms with Gasteiger partial charge in [-0.2, -0.15) is 0 Å². The molecular formula is C15H16O3S2. The molecule has 0 bridgehead atoms. The Hall–Kier alpha value is -1.46. The molecule has 2 rings (SSSR count). The molecule has 1 aromatic carbocycles. The standard InChI is InChI=1S/C15H16O3S2/c1-10(2)11-3-5-13(6-4-11)20(18)9-12-7-8-19-14(12)15(16)17/h3-8,10H,9H2,1-2H3,(H,16,17). The monoisotopic (exact) mass is 308 g/mol. The van der Waals surface area contributed by atoms with Gasteiger partial charge in [0.2, 0.25) is 0 Å². The van der Waals surface area contributed by atoms with Crippen LogP contribution < -0.4 is 0 Å². The summed E-state index contributed by atoms with van der Waals surface area (Å²) in [6.07, 6.45) is 0. The lowest BCUT2D eigenvalue weighted by molar-refractivity contribution is 0.0701. The molecule has 2 aromatic rings. The van der Waals surface area contributed by atoms with E-state index >= 15 is 0 Å². The number of thiophene rings is 1. The zero-order chi connectivity index (χ0) is 14.7. The first kappa shape index (κ1) is 14.9. The van der Waals surface area contributed by atoms with Crippen LogP contribution in [-0.4, -0.2) is 15.3 Å². The third kappa shape index (κ3) is 3.35. The predicted molar refractivity (Wildman–Crippen MR) is 81.9 cm³/mol. The molecule has 3 nitrogen and oxygen atoms in total. The Labute approximate surface area is 124 Å². The van der Waals surface area contributed by atoms with Crippen molar-refractivity contribution >= 4 is 28.1 Å². The van der Waals surface area contributed by atoms with Crippen LogP contribution in [0.15, 0.2) is 40.6 Å². The quantitative estimate of drug-likeness (QED) is 0.912. The van der Waals surface area contributed by atoms with Gasteiger partial charge in [0.15, 0.2) is 0 Å². The molecule has 1 heterocycles. The first-order valence-corrected chi connectivity index (χ1v) is 8.47. The maximum Gasteiger partial charge on any atom is 0.346 e. The average Bonchev–Trinajstić information content (AvgIpc) is 2.87. The molecule has 0 amide bonds. The lowest BCUT2D eigenvalue weighted by Gasteiger charge is -2.07. The minimum absolute atomic E-state index is 0.242. The maximum absolute atomic E-state index is 12.3. The van der Waals surface area contributed by atoms with Gasteiger partial charge in [0.25, 0.3) is 0 Å². The lowest BCUT2D eigenvalue weighted by atomic mass is 10.0. The summed E-state index contributed by atoms with van der Waals surface area (Å²) < 4.78 is 12.3. The SMILES string of the molecule is CC(C)c1ccc(S(=O)Cc2ccsc2C(=O)O)cc1. The number of rotatable bonds is 5. The van der Waals surface area contributed by atoms with Crippen LogP contribution in [0.4, 0.5) is 0 Å². The van der Waals surface area contributed by atoms with Crippen LogP contribution in [0.5, 0.6) is 0 Å². The predicted octanol–water partition coefficient (Wildman–Crippen LogP) is 3.88. The van der Waals surface area contributed by atoms with Crippen LogP contribution in [0.2, 0.25) is 0 Å². The van der Waals surface area contributed by atoms with Crippen LogP contribution >= 0.6 is 11.3 Å². The largest absolute Gasteiger partial charge is 0.477 e. The third-order valence-corrected chi connectivity index (χ3v) is 5.35. The van der Waals surface area contributed by atoms with Crippen molar-refractivity contribution in [3.8, 4) is 0 Å². The van der Waals surface area contributed by atoms with Crippen LogP contribution in [0.3, 0.4) is 0 Å². The van der Waals surface area contributed by atoms with Crippen molar-refractivity contribution in [2.45, 2.75) is 30.4 Å². The van der Waals surface area contributed by atoms with Crippen molar-refractivity contribution in [3.05, 3.63) is 51.7 Å². The van der Waals surface area contributed by atoms with Crippen molar-refractivity contribution < 1.29 is 14.1 Å². The van der Waals surface area contributed by atoms with Gasteiger partial charge >= 0.3 is 5.97 Å². The maximum atomic E-state index is 12.3. The van der Waals surface area contributed by atoms with Crippen molar-refractivity contribution in [3.63, 3.8) is 0 Å². The molecule has 0 aliphatic carbocycles. The molecule has 1 unspecified atom stereocenters. The number of hydrogen-bond acceptors (Lipinski definition) is 3. The summed E-state index contributed by atoms with van der Waals surface area (Å²) in [6.45, 7) is 4.22. The van der Waals surface area contributed by atoms with E-state index < -0.39 is 16.8 Å². The van der Waals surface area contributed by atoms with Crippen molar-refractivity contribution in [2.24, 2.45) is 0 Å². The molecule has 0 aliphatic rings. The molecule has 106 valence electrons. The Kier molecular flexibility index (Phi) is 4.73. The number of benzene rings is 1. The van der Waals surface area contributed by atoms with E-state index in [0.29, 0.717) is 11.5 Å². The highest BCUT2D eigenvalue weighted by atomic mass is 32.2. The molecule has 1 N–H and O–H groups in total. The minimum atomic E-state index is -1.22. The van der Waals surface area contributed by atoms with E-state index in [9.17, 15) is 9.00 Å². The summed E-state index contributed by atoms with van der Waals surface area (Å²) in [5.74, 6) is -0.276. The Morgan fingerprint density at radius 2 is 1.90 bits per heavy atom. The van der Waals surface area contributed by atoms with Crippen molar-refractivity contribution in [1.29, 1.82) is 0 Å². The van der Waals surface area contributed by atoms with E-state index in [2.05, 4.69) is 13.8 Å². The van der Waals surface area contributed by atoms with Crippen molar-refractivity contribution in [1.82, 2.24) is 0 Å². The topological polar surface area (TPSA) is 54.4 Å². The molecular weight excluding hydrogens is 292 g/mol. The van der Waals surface area contributed by atoms with E-state index in [-0.39, 0.29) is 10.6 Å². The normalized spacial score (nSPS) is 12.6. The Morgan fingerprint density at radius 1 is 1.25 bits per heavy atom. The molecule has 1 aromatic heterocycles. The fraction of sp³-hybridized carbons (Fsp3) is 0.267. The molecule has 1 atom stereocenters. The van der Waals surface area contributed by atoms with E-state index in [0.717, 1.165) is 4.90 Å². The second kappa shape index (κ2) is 6.33. The summed E-state index contributed by atoms with van der Waals surface area (Å²) in [6, 6.07) is 9.40. The van der Waals surface area contributed by atoms with E-state index in [4.69, 9.17) is 5.11 Å². The molecule has 0 fully saturated rings. The van der Waals surface area contributed by atoms with Crippen LogP contribution in [-0.2, 0) is 16.6 Å². The summed E-state index contributed by atoms with van der Waals surface area (Å²) in [7, 11) is -1.22. The van der Waals surface area contributed by atoms with Crippen molar-refractivity contribution in [2.75, 3.05) is 0 Å². The molecule has 0 spiro atoms. The third-order valence-electron chi connectivity index (χ3n) is 3.04. The number of aromatic carboxylic acids is 1. The zero-order valence-corrected chi connectivity index (χ0v) is 13.0. The Balaban J connectivity index is 2.15. The molecule has 20 heavy (non-hydrogen) atoms. The summed E-state index contributed by atoms with van der Waals surface area (Å²) in [5.41, 5.74) is 1.83. The number of carboxylic acid groups (broad SMARTS) is 1. The highest BCUT2D eigenvalue weighted by molar-refractivity contribution is 7.84. The van der Waals surface area contributed by atoms with Gasteiger partial charge in [0.1, 0.15) is 4.88 Å². The van der Waals surface area contributed by atoms with Crippen LogP contribution in [0.1, 0.15) is 40.6 Å². The van der Waals surface area contributed by atoms with Gasteiger partial charge < -0.3 is 5.11 Å². The number of carbonyl (C=O) groups is 1. The molecule has 5 heteroatoms. The van der Waals surface area contributed by atoms with E-state index in [1.165, 1.54) is 16.9 Å². The van der Waals surface area contributed by atoms with Gasteiger partial charge in [-0.05, 0) is 40.6 Å².